The van der Waals surface area contributed by atoms with Crippen LogP contribution in [0.15, 0.2) is 35.3 Å². The fourth-order valence-corrected chi connectivity index (χ4v) is 4.02. The molecule has 0 spiro atoms. The third kappa shape index (κ3) is 6.82. The van der Waals surface area contributed by atoms with Crippen LogP contribution in [0.1, 0.15) is 38.2 Å². The van der Waals surface area contributed by atoms with Crippen LogP contribution in [0, 0.1) is 0 Å². The molecule has 27 heavy (non-hydrogen) atoms. The second kappa shape index (κ2) is 11.3. The zero-order valence-corrected chi connectivity index (χ0v) is 17.1. The van der Waals surface area contributed by atoms with Crippen molar-refractivity contribution in [2.24, 2.45) is 4.99 Å². The molecule has 5 heteroatoms. The molecular weight excluding hydrogens is 334 g/mol. The van der Waals surface area contributed by atoms with E-state index in [1.807, 2.05) is 0 Å². The third-order valence-corrected chi connectivity index (χ3v) is 5.60. The summed E-state index contributed by atoms with van der Waals surface area (Å²) in [6.45, 7) is 13.3. The number of aliphatic imine (C=N–C) groups is 1. The van der Waals surface area contributed by atoms with Gasteiger partial charge in [0, 0.05) is 45.8 Å². The fraction of sp³-hybridized carbons (Fsp3) is 0.682. The average Bonchev–Trinajstić information content (AvgIpc) is 3.22. The van der Waals surface area contributed by atoms with E-state index in [4.69, 9.17) is 4.99 Å². The predicted molar refractivity (Wildman–Crippen MR) is 114 cm³/mol. The first-order chi connectivity index (χ1) is 13.3. The second-order valence-corrected chi connectivity index (χ2v) is 7.74. The molecule has 0 unspecified atom stereocenters. The molecular formula is C22H37N5. The van der Waals surface area contributed by atoms with Gasteiger partial charge in [0.2, 0.25) is 0 Å². The first-order valence-electron chi connectivity index (χ1n) is 10.9. The summed E-state index contributed by atoms with van der Waals surface area (Å²) >= 11 is 0. The van der Waals surface area contributed by atoms with E-state index in [-0.39, 0.29) is 0 Å². The molecule has 2 aliphatic rings. The summed E-state index contributed by atoms with van der Waals surface area (Å²) in [6.07, 6.45) is 5.24. The highest BCUT2D eigenvalue weighted by atomic mass is 15.3. The lowest BCUT2D eigenvalue weighted by Gasteiger charge is -2.36. The maximum Gasteiger partial charge on any atom is 0.194 e. The molecule has 1 N–H and O–H groups in total. The highest BCUT2D eigenvalue weighted by molar-refractivity contribution is 5.80. The van der Waals surface area contributed by atoms with E-state index in [1.165, 1.54) is 50.9 Å². The molecule has 1 aromatic carbocycles. The minimum absolute atomic E-state index is 0.941. The molecule has 0 atom stereocenters. The molecule has 1 aromatic rings. The van der Waals surface area contributed by atoms with Crippen molar-refractivity contribution >= 4 is 5.96 Å². The molecule has 3 rings (SSSR count). The van der Waals surface area contributed by atoms with E-state index in [1.54, 1.807) is 0 Å². The Morgan fingerprint density at radius 1 is 0.926 bits per heavy atom. The van der Waals surface area contributed by atoms with Gasteiger partial charge in [0.15, 0.2) is 5.96 Å². The van der Waals surface area contributed by atoms with Gasteiger partial charge in [0.25, 0.3) is 0 Å². The summed E-state index contributed by atoms with van der Waals surface area (Å²) in [5.74, 6) is 1.11. The Bertz CT molecular complexity index is 545. The number of rotatable bonds is 8. The molecule has 5 nitrogen and oxygen atoms in total. The van der Waals surface area contributed by atoms with Gasteiger partial charge in [-0.25, -0.2) is 0 Å². The molecule has 0 amide bonds. The van der Waals surface area contributed by atoms with Gasteiger partial charge >= 0.3 is 0 Å². The van der Waals surface area contributed by atoms with Crippen LogP contribution in [0.25, 0.3) is 0 Å². The van der Waals surface area contributed by atoms with Crippen molar-refractivity contribution in [3.8, 4) is 0 Å². The number of guanidine groups is 1. The minimum atomic E-state index is 0.941. The Morgan fingerprint density at radius 2 is 1.67 bits per heavy atom. The predicted octanol–water partition coefficient (Wildman–Crippen LogP) is 2.65. The van der Waals surface area contributed by atoms with E-state index in [2.05, 4.69) is 57.3 Å². The van der Waals surface area contributed by atoms with Gasteiger partial charge in [0.1, 0.15) is 0 Å². The molecule has 2 fully saturated rings. The van der Waals surface area contributed by atoms with Gasteiger partial charge in [-0.1, -0.05) is 30.3 Å². The molecule has 2 heterocycles. The summed E-state index contributed by atoms with van der Waals surface area (Å²) in [6, 6.07) is 10.8. The van der Waals surface area contributed by atoms with Crippen LogP contribution in [0.4, 0.5) is 0 Å². The normalized spacial score (nSPS) is 19.6. The van der Waals surface area contributed by atoms with Crippen molar-refractivity contribution in [2.75, 3.05) is 58.9 Å². The van der Waals surface area contributed by atoms with Crippen molar-refractivity contribution in [2.45, 2.75) is 39.2 Å². The number of nitrogens with one attached hydrogen (secondary N) is 1. The summed E-state index contributed by atoms with van der Waals surface area (Å²) in [5.41, 5.74) is 1.41. The number of benzene rings is 1. The number of unbranched alkanes of at least 4 members (excludes halogenated alkanes) is 1. The monoisotopic (exact) mass is 371 g/mol. The average molecular weight is 372 g/mol. The summed E-state index contributed by atoms with van der Waals surface area (Å²) in [7, 11) is 0. The Morgan fingerprint density at radius 3 is 2.37 bits per heavy atom. The maximum absolute atomic E-state index is 4.90. The summed E-state index contributed by atoms with van der Waals surface area (Å²) < 4.78 is 0. The fourth-order valence-electron chi connectivity index (χ4n) is 4.02. The maximum atomic E-state index is 4.90. The van der Waals surface area contributed by atoms with Gasteiger partial charge in [-0.3, -0.25) is 9.89 Å². The number of piperazine rings is 1. The first kappa shape index (κ1) is 20.2. The standard InChI is InChI=1S/C22H37N5/c1-2-23-22(24-12-6-7-13-25-14-8-9-15-25)27-18-16-26(17-19-27)20-21-10-4-3-5-11-21/h3-5,10-11H,2,6-9,12-20H2,1H3,(H,23,24). The van der Waals surface area contributed by atoms with Gasteiger partial charge in [-0.2, -0.15) is 0 Å². The minimum Gasteiger partial charge on any atom is -0.357 e. The molecule has 0 saturated carbocycles. The number of hydrogen-bond acceptors (Lipinski definition) is 3. The molecule has 0 aliphatic carbocycles. The quantitative estimate of drug-likeness (QED) is 0.433. The van der Waals surface area contributed by atoms with Crippen molar-refractivity contribution in [1.82, 2.24) is 20.0 Å². The summed E-state index contributed by atoms with van der Waals surface area (Å²) in [4.78, 5) is 12.5. The smallest absolute Gasteiger partial charge is 0.194 e. The van der Waals surface area contributed by atoms with E-state index in [0.717, 1.165) is 51.8 Å². The van der Waals surface area contributed by atoms with Gasteiger partial charge in [-0.05, 0) is 57.8 Å². The SMILES string of the molecule is CCNC(=NCCCCN1CCCC1)N1CCN(Cc2ccccc2)CC1. The molecule has 150 valence electrons. The number of likely N-dealkylation sites (tertiary alicyclic amines) is 1. The Hall–Kier alpha value is -1.59. The topological polar surface area (TPSA) is 34.1 Å². The van der Waals surface area contributed by atoms with Crippen molar-refractivity contribution in [3.05, 3.63) is 35.9 Å². The molecule has 2 saturated heterocycles. The van der Waals surface area contributed by atoms with Crippen LogP contribution in [0.5, 0.6) is 0 Å². The zero-order chi connectivity index (χ0) is 18.7. The Balaban J connectivity index is 1.38. The lowest BCUT2D eigenvalue weighted by molar-refractivity contribution is 0.172. The van der Waals surface area contributed by atoms with E-state index in [9.17, 15) is 0 Å². The Kier molecular flexibility index (Phi) is 8.43. The van der Waals surface area contributed by atoms with E-state index in [0.29, 0.717) is 0 Å². The largest absolute Gasteiger partial charge is 0.357 e. The molecule has 0 aromatic heterocycles. The molecule has 2 aliphatic heterocycles. The van der Waals surface area contributed by atoms with Crippen LogP contribution >= 0.6 is 0 Å². The van der Waals surface area contributed by atoms with Crippen LogP contribution in [-0.4, -0.2) is 79.6 Å². The van der Waals surface area contributed by atoms with Crippen molar-refractivity contribution in [3.63, 3.8) is 0 Å². The lowest BCUT2D eigenvalue weighted by Crippen LogP contribution is -2.52. The molecule has 0 bridgehead atoms. The summed E-state index contributed by atoms with van der Waals surface area (Å²) in [5, 5.41) is 3.50. The zero-order valence-electron chi connectivity index (χ0n) is 17.1. The van der Waals surface area contributed by atoms with Gasteiger partial charge in [-0.15, -0.1) is 0 Å². The lowest BCUT2D eigenvalue weighted by atomic mass is 10.2. The number of hydrogen-bond donors (Lipinski definition) is 1. The van der Waals surface area contributed by atoms with Crippen LogP contribution in [0.3, 0.4) is 0 Å². The highest BCUT2D eigenvalue weighted by Crippen LogP contribution is 2.10. The first-order valence-corrected chi connectivity index (χ1v) is 10.9. The van der Waals surface area contributed by atoms with E-state index < -0.39 is 0 Å². The van der Waals surface area contributed by atoms with Crippen LogP contribution in [0.2, 0.25) is 0 Å². The number of nitrogens with zero attached hydrogens (tertiary/aromatic N) is 4. The van der Waals surface area contributed by atoms with Crippen molar-refractivity contribution < 1.29 is 0 Å². The Labute approximate surface area is 165 Å². The van der Waals surface area contributed by atoms with Crippen LogP contribution in [-0.2, 0) is 6.54 Å². The van der Waals surface area contributed by atoms with Gasteiger partial charge in [0.05, 0.1) is 0 Å². The molecule has 0 radical (unpaired) electrons. The highest BCUT2D eigenvalue weighted by Gasteiger charge is 2.19. The second-order valence-electron chi connectivity index (χ2n) is 7.74. The van der Waals surface area contributed by atoms with Gasteiger partial charge < -0.3 is 15.1 Å². The van der Waals surface area contributed by atoms with Crippen LogP contribution < -0.4 is 5.32 Å². The van der Waals surface area contributed by atoms with Crippen molar-refractivity contribution in [1.29, 1.82) is 0 Å². The van der Waals surface area contributed by atoms with E-state index >= 15 is 0 Å². The third-order valence-electron chi connectivity index (χ3n) is 5.60.